The molecule has 4 heavy (non-hydrogen) atoms. The van der Waals surface area contributed by atoms with E-state index in [0.29, 0.717) is 0 Å². The van der Waals surface area contributed by atoms with Crippen LogP contribution in [0.1, 0.15) is 0 Å². The Labute approximate surface area is 73.0 Å². The zero-order chi connectivity index (χ0) is 0. The van der Waals surface area contributed by atoms with Gasteiger partial charge in [0.25, 0.3) is 0 Å². The fourth-order valence-corrected chi connectivity index (χ4v) is 0. The van der Waals surface area contributed by atoms with Crippen LogP contribution < -0.4 is 0 Å². The van der Waals surface area contributed by atoms with Crippen LogP contribution >= 0.6 is 9.90 Å². The molecule has 0 heterocycles. The van der Waals surface area contributed by atoms with Gasteiger partial charge in [-0.05, 0) is 0 Å². The number of hydrogen-bond donors (Lipinski definition) is 0. The summed E-state index contributed by atoms with van der Waals surface area (Å²) < 4.78 is 0. The van der Waals surface area contributed by atoms with Crippen molar-refractivity contribution < 1.29 is 0 Å². The van der Waals surface area contributed by atoms with E-state index in [4.69, 9.17) is 0 Å². The van der Waals surface area contributed by atoms with E-state index in [1.54, 1.807) is 0 Å². The second kappa shape index (κ2) is 17.8. The second-order valence-electron chi connectivity index (χ2n) is 0. The number of rotatable bonds is 0. The first kappa shape index (κ1) is 31.3. The van der Waals surface area contributed by atoms with Gasteiger partial charge in [0.15, 0.2) is 0 Å². The summed E-state index contributed by atoms with van der Waals surface area (Å²) >= 11 is 0. The van der Waals surface area contributed by atoms with Gasteiger partial charge < -0.3 is 9.90 Å². The third kappa shape index (κ3) is 8.82. The van der Waals surface area contributed by atoms with Crippen LogP contribution in [0.25, 0.3) is 0 Å². The summed E-state index contributed by atoms with van der Waals surface area (Å²) in [6.45, 7) is 0. The quantitative estimate of drug-likeness (QED) is 0.362. The van der Waals surface area contributed by atoms with Crippen molar-refractivity contribution in [2.24, 2.45) is 0 Å². The molecule has 0 saturated heterocycles. The van der Waals surface area contributed by atoms with Crippen LogP contribution in [-0.4, -0.2) is 64.0 Å². The molecule has 0 aliphatic rings. The fraction of sp³-hybridized carbons (Fsp3) is 0. The molecule has 22 valence electrons. The molecule has 0 aliphatic heterocycles. The van der Waals surface area contributed by atoms with E-state index >= 15 is 0 Å². The fourth-order valence-electron chi connectivity index (χ4n) is 0. The SMILES string of the molecule is [Ga+3].[Ga+3].[P-3].[SbH6-3]. The molecule has 0 aromatic heterocycles. The summed E-state index contributed by atoms with van der Waals surface area (Å²) in [4.78, 5) is 0. The Morgan fingerprint density at radius 3 is 0.750 bits per heavy atom. The first-order valence-corrected chi connectivity index (χ1v) is 0. The molecular formula is H6Ga2PSb. The maximum atomic E-state index is 0. The maximum absolute atomic E-state index is 0. The van der Waals surface area contributed by atoms with Crippen LogP contribution in [0.2, 0.25) is 0 Å². The molecule has 0 radical (unpaired) electrons. The standard InChI is InChI=1S/2Ga.P.Sb.6H/q2*+3;2*-3;;;;;;. The van der Waals surface area contributed by atoms with Crippen LogP contribution in [0.15, 0.2) is 0 Å². The topological polar surface area (TPSA) is 0 Å². The Hall–Kier alpha value is 2.52. The average Bonchev–Trinajstić information content (AvgIpc) is 0. The van der Waals surface area contributed by atoms with Crippen LogP contribution in [-0.2, 0) is 0 Å². The summed E-state index contributed by atoms with van der Waals surface area (Å²) in [6.07, 6.45) is 0. The molecule has 0 atom stereocenters. The van der Waals surface area contributed by atoms with Gasteiger partial charge in [-0.3, -0.25) is 0 Å². The van der Waals surface area contributed by atoms with Gasteiger partial charge in [0, 0.05) is 0 Å². The van der Waals surface area contributed by atoms with E-state index in [1.807, 2.05) is 0 Å². The molecule has 0 rings (SSSR count). The molecule has 0 unspecified atom stereocenters. The molecule has 0 amide bonds. The summed E-state index contributed by atoms with van der Waals surface area (Å²) in [5, 5.41) is 0. The summed E-state index contributed by atoms with van der Waals surface area (Å²) in [5.41, 5.74) is 0. The molecule has 0 N–H and O–H groups in total. The minimum atomic E-state index is 0. The normalized spacial score (nSPS) is 0. The van der Waals surface area contributed by atoms with Gasteiger partial charge in [0.2, 0.25) is 0 Å². The van der Waals surface area contributed by atoms with E-state index in [1.165, 1.54) is 0 Å². The van der Waals surface area contributed by atoms with Crippen molar-refractivity contribution in [2.75, 3.05) is 0 Å². The molecule has 0 aromatic rings. The van der Waals surface area contributed by atoms with Crippen LogP contribution in [0, 0.1) is 0 Å². The monoisotopic (exact) mass is 296 g/mol. The van der Waals surface area contributed by atoms with Crippen LogP contribution in [0.3, 0.4) is 0 Å². The first-order valence-electron chi connectivity index (χ1n) is 0. The third-order valence-electron chi connectivity index (χ3n) is 0. The van der Waals surface area contributed by atoms with Crippen molar-refractivity contribution in [2.45, 2.75) is 0 Å². The molecular weight excluding hydrogens is 292 g/mol. The Balaban J connectivity index is 0. The molecule has 0 aliphatic carbocycles. The Morgan fingerprint density at radius 1 is 0.750 bits per heavy atom. The predicted molar refractivity (Wildman–Crippen MR) is 32.6 cm³/mol. The van der Waals surface area contributed by atoms with Crippen molar-refractivity contribution >= 4 is 73.9 Å². The Morgan fingerprint density at radius 2 is 0.750 bits per heavy atom. The van der Waals surface area contributed by atoms with Gasteiger partial charge in [0.1, 0.15) is 0 Å². The third-order valence-corrected chi connectivity index (χ3v) is 0. The van der Waals surface area contributed by atoms with E-state index in [2.05, 4.69) is 0 Å². The molecule has 0 aromatic carbocycles. The summed E-state index contributed by atoms with van der Waals surface area (Å²) in [5.74, 6) is 0. The van der Waals surface area contributed by atoms with Gasteiger partial charge in [-0.15, -0.1) is 0 Å². The van der Waals surface area contributed by atoms with Crippen molar-refractivity contribution in [3.8, 4) is 0 Å². The van der Waals surface area contributed by atoms with E-state index in [-0.39, 0.29) is 73.9 Å². The average molecular weight is 298 g/mol. The van der Waals surface area contributed by atoms with E-state index in [9.17, 15) is 0 Å². The molecule has 0 fully saturated rings. The Kier molecular flexibility index (Phi) is 139. The van der Waals surface area contributed by atoms with Crippen LogP contribution in [0.5, 0.6) is 0 Å². The molecule has 0 nitrogen and oxygen atoms in total. The van der Waals surface area contributed by atoms with Crippen molar-refractivity contribution in [3.63, 3.8) is 0 Å². The molecule has 0 spiro atoms. The van der Waals surface area contributed by atoms with Crippen molar-refractivity contribution in [3.05, 3.63) is 0 Å². The molecule has 4 heteroatoms. The Bertz CT molecular complexity index is 6.00. The number of hydrogen-bond acceptors (Lipinski definition) is 0. The van der Waals surface area contributed by atoms with Crippen LogP contribution in [0.4, 0.5) is 0 Å². The van der Waals surface area contributed by atoms with Crippen molar-refractivity contribution in [1.82, 2.24) is 0 Å². The van der Waals surface area contributed by atoms with Gasteiger partial charge in [-0.2, -0.15) is 0 Å². The second-order valence-corrected chi connectivity index (χ2v) is 0. The minimum absolute atomic E-state index is 0. The van der Waals surface area contributed by atoms with Crippen molar-refractivity contribution in [1.29, 1.82) is 0 Å². The van der Waals surface area contributed by atoms with Gasteiger partial charge in [0.05, 0.1) is 0 Å². The summed E-state index contributed by atoms with van der Waals surface area (Å²) in [7, 11) is 0. The van der Waals surface area contributed by atoms with E-state index in [0.717, 1.165) is 0 Å². The molecule has 0 saturated carbocycles. The van der Waals surface area contributed by atoms with Gasteiger partial charge >= 0.3 is 64.0 Å². The van der Waals surface area contributed by atoms with Gasteiger partial charge in [-0.25, -0.2) is 0 Å². The summed E-state index contributed by atoms with van der Waals surface area (Å²) in [6, 6.07) is 0. The predicted octanol–water partition coefficient (Wildman–Crippen LogP) is -1.89. The zero-order valence-corrected chi connectivity index (χ0v) is 7.34. The van der Waals surface area contributed by atoms with E-state index < -0.39 is 0 Å². The van der Waals surface area contributed by atoms with Gasteiger partial charge in [-0.1, -0.05) is 0 Å². The zero-order valence-electron chi connectivity index (χ0n) is 1.60. The molecule has 0 bridgehead atoms. The first-order chi connectivity index (χ1) is 0.